The van der Waals surface area contributed by atoms with E-state index in [2.05, 4.69) is 5.48 Å². The summed E-state index contributed by atoms with van der Waals surface area (Å²) in [5, 5.41) is 11.4. The van der Waals surface area contributed by atoms with Gasteiger partial charge in [0.2, 0.25) is 0 Å². The van der Waals surface area contributed by atoms with E-state index in [4.69, 9.17) is 16.4 Å². The standard InChI is InChI=1S/C29H29ClN2O4/c30-23-15-7-6-14-22(23)27-26(28(34)31-36-18-19-10-2-1-3-11-19)20-12-4-5-13-21(20)29(35)32(27)24-16-8-9-17-25(24)33/h1-7,10-15,24-27,33H,8-9,16-18H2,(H,31,34). The van der Waals surface area contributed by atoms with Gasteiger partial charge in [0.25, 0.3) is 11.8 Å². The zero-order valence-corrected chi connectivity index (χ0v) is 20.6. The van der Waals surface area contributed by atoms with Crippen LogP contribution < -0.4 is 5.48 Å². The molecular weight excluding hydrogens is 476 g/mol. The van der Waals surface area contributed by atoms with Crippen LogP contribution >= 0.6 is 11.6 Å². The van der Waals surface area contributed by atoms with Gasteiger partial charge in [0.1, 0.15) is 0 Å². The summed E-state index contributed by atoms with van der Waals surface area (Å²) in [7, 11) is 0. The molecule has 3 aromatic rings. The molecule has 1 heterocycles. The van der Waals surface area contributed by atoms with Gasteiger partial charge in [-0.05, 0) is 41.7 Å². The zero-order valence-electron chi connectivity index (χ0n) is 19.8. The zero-order chi connectivity index (χ0) is 25.1. The summed E-state index contributed by atoms with van der Waals surface area (Å²) in [6, 6.07) is 22.9. The SMILES string of the molecule is O=C(NOCc1ccccc1)C1c2ccccc2C(=O)N(C2CCCCC2O)C1c1ccccc1Cl. The van der Waals surface area contributed by atoms with Crippen LogP contribution in [0.5, 0.6) is 0 Å². The van der Waals surface area contributed by atoms with Crippen LogP contribution in [-0.4, -0.2) is 34.0 Å². The van der Waals surface area contributed by atoms with Crippen LogP contribution in [0.1, 0.15) is 64.7 Å². The normalized spacial score (nSPS) is 23.7. The molecular formula is C29H29ClN2O4. The number of benzene rings is 3. The third kappa shape index (κ3) is 4.76. The van der Waals surface area contributed by atoms with E-state index >= 15 is 0 Å². The first kappa shape index (κ1) is 24.5. The molecule has 186 valence electrons. The van der Waals surface area contributed by atoms with E-state index in [0.29, 0.717) is 34.6 Å². The van der Waals surface area contributed by atoms with Gasteiger partial charge in [0.05, 0.1) is 30.7 Å². The number of aliphatic hydroxyl groups is 1. The quantitative estimate of drug-likeness (QED) is 0.454. The molecule has 0 aromatic heterocycles. The van der Waals surface area contributed by atoms with Crippen molar-refractivity contribution in [3.05, 3.63) is 106 Å². The molecule has 0 saturated heterocycles. The Hall–Kier alpha value is -3.19. The highest BCUT2D eigenvalue weighted by Gasteiger charge is 2.48. The van der Waals surface area contributed by atoms with Gasteiger partial charge in [-0.25, -0.2) is 5.48 Å². The van der Waals surface area contributed by atoms with Gasteiger partial charge in [0, 0.05) is 10.6 Å². The smallest absolute Gasteiger partial charge is 0.255 e. The van der Waals surface area contributed by atoms with Crippen LogP contribution in [0.4, 0.5) is 0 Å². The highest BCUT2D eigenvalue weighted by Crippen LogP contribution is 2.47. The first-order valence-corrected chi connectivity index (χ1v) is 12.7. The van der Waals surface area contributed by atoms with Crippen LogP contribution in [-0.2, 0) is 16.2 Å². The molecule has 1 aliphatic carbocycles. The topological polar surface area (TPSA) is 78.9 Å². The van der Waals surface area contributed by atoms with Gasteiger partial charge in [-0.3, -0.25) is 14.4 Å². The summed E-state index contributed by atoms with van der Waals surface area (Å²) >= 11 is 6.66. The minimum Gasteiger partial charge on any atom is -0.391 e. The fraction of sp³-hybridized carbons (Fsp3) is 0.310. The molecule has 4 unspecified atom stereocenters. The van der Waals surface area contributed by atoms with Crippen LogP contribution in [0.25, 0.3) is 0 Å². The highest BCUT2D eigenvalue weighted by atomic mass is 35.5. The second kappa shape index (κ2) is 10.8. The van der Waals surface area contributed by atoms with Gasteiger partial charge in [-0.15, -0.1) is 0 Å². The Balaban J connectivity index is 1.56. The van der Waals surface area contributed by atoms with Crippen LogP contribution in [0.15, 0.2) is 78.9 Å². The number of nitrogens with one attached hydrogen (secondary N) is 1. The van der Waals surface area contributed by atoms with Gasteiger partial charge in [0.15, 0.2) is 0 Å². The number of carbonyl (C=O) groups excluding carboxylic acids is 2. The Labute approximate surface area is 215 Å². The largest absolute Gasteiger partial charge is 0.391 e. The fourth-order valence-corrected chi connectivity index (χ4v) is 5.74. The first-order chi connectivity index (χ1) is 17.6. The van der Waals surface area contributed by atoms with E-state index in [1.165, 1.54) is 0 Å². The maximum absolute atomic E-state index is 13.9. The predicted octanol–water partition coefficient (Wildman–Crippen LogP) is 5.17. The van der Waals surface area contributed by atoms with Crippen molar-refractivity contribution in [1.29, 1.82) is 0 Å². The lowest BCUT2D eigenvalue weighted by Crippen LogP contribution is -2.55. The van der Waals surface area contributed by atoms with Crippen LogP contribution in [0.2, 0.25) is 5.02 Å². The number of halogens is 1. The number of hydrogen-bond donors (Lipinski definition) is 2. The van der Waals surface area contributed by atoms with Crippen LogP contribution in [0, 0.1) is 0 Å². The maximum Gasteiger partial charge on any atom is 0.255 e. The molecule has 2 amide bonds. The number of carbonyl (C=O) groups is 2. The van der Waals surface area contributed by atoms with Gasteiger partial charge < -0.3 is 10.0 Å². The fourth-order valence-electron chi connectivity index (χ4n) is 5.49. The monoisotopic (exact) mass is 504 g/mol. The highest BCUT2D eigenvalue weighted by molar-refractivity contribution is 6.31. The van der Waals surface area contributed by atoms with Crippen molar-refractivity contribution in [1.82, 2.24) is 10.4 Å². The average molecular weight is 505 g/mol. The van der Waals surface area contributed by atoms with Crippen molar-refractivity contribution < 1.29 is 19.5 Å². The van der Waals surface area contributed by atoms with Crippen molar-refractivity contribution in [2.24, 2.45) is 0 Å². The molecule has 6 nitrogen and oxygen atoms in total. The molecule has 4 atom stereocenters. The molecule has 0 bridgehead atoms. The van der Waals surface area contributed by atoms with E-state index in [1.54, 1.807) is 23.1 Å². The van der Waals surface area contributed by atoms with Gasteiger partial charge >= 0.3 is 0 Å². The number of rotatable bonds is 6. The summed E-state index contributed by atoms with van der Waals surface area (Å²) in [6.07, 6.45) is 2.41. The number of aliphatic hydroxyl groups excluding tert-OH is 1. The van der Waals surface area contributed by atoms with E-state index < -0.39 is 24.1 Å². The third-order valence-electron chi connectivity index (χ3n) is 7.19. The number of amides is 2. The summed E-state index contributed by atoms with van der Waals surface area (Å²) in [5.41, 5.74) is 5.30. The molecule has 2 N–H and O–H groups in total. The predicted molar refractivity (Wildman–Crippen MR) is 137 cm³/mol. The molecule has 36 heavy (non-hydrogen) atoms. The molecule has 2 aliphatic rings. The second-order valence-electron chi connectivity index (χ2n) is 9.40. The molecule has 3 aromatic carbocycles. The maximum atomic E-state index is 13.9. The van der Waals surface area contributed by atoms with Crippen LogP contribution in [0.3, 0.4) is 0 Å². The molecule has 1 aliphatic heterocycles. The van der Waals surface area contributed by atoms with E-state index in [1.807, 2.05) is 60.7 Å². The Morgan fingerprint density at radius 2 is 1.61 bits per heavy atom. The number of hydrogen-bond acceptors (Lipinski definition) is 4. The Bertz CT molecular complexity index is 1230. The van der Waals surface area contributed by atoms with Crippen molar-refractivity contribution in [3.63, 3.8) is 0 Å². The average Bonchev–Trinajstić information content (AvgIpc) is 2.90. The lowest BCUT2D eigenvalue weighted by molar-refractivity contribution is -0.138. The van der Waals surface area contributed by atoms with E-state index in [-0.39, 0.29) is 18.4 Å². The van der Waals surface area contributed by atoms with Crippen molar-refractivity contribution in [3.8, 4) is 0 Å². The summed E-state index contributed by atoms with van der Waals surface area (Å²) < 4.78 is 0. The Kier molecular flexibility index (Phi) is 7.37. The van der Waals surface area contributed by atoms with Crippen molar-refractivity contribution in [2.45, 2.75) is 56.4 Å². The lowest BCUT2D eigenvalue weighted by atomic mass is 9.77. The number of hydroxylamine groups is 1. The van der Waals surface area contributed by atoms with Gasteiger partial charge in [-0.1, -0.05) is 91.2 Å². The summed E-state index contributed by atoms with van der Waals surface area (Å²) in [5.74, 6) is -1.34. The summed E-state index contributed by atoms with van der Waals surface area (Å²) in [6.45, 7) is 0.210. The number of nitrogens with zero attached hydrogens (tertiary/aromatic N) is 1. The third-order valence-corrected chi connectivity index (χ3v) is 7.53. The second-order valence-corrected chi connectivity index (χ2v) is 9.81. The first-order valence-electron chi connectivity index (χ1n) is 12.4. The van der Waals surface area contributed by atoms with Crippen molar-refractivity contribution in [2.75, 3.05) is 0 Å². The molecule has 7 heteroatoms. The number of fused-ring (bicyclic) bond motifs is 1. The van der Waals surface area contributed by atoms with E-state index in [9.17, 15) is 14.7 Å². The molecule has 1 saturated carbocycles. The Morgan fingerprint density at radius 1 is 0.944 bits per heavy atom. The molecule has 5 rings (SSSR count). The summed E-state index contributed by atoms with van der Waals surface area (Å²) in [4.78, 5) is 35.0. The molecule has 1 fully saturated rings. The lowest BCUT2D eigenvalue weighted by Gasteiger charge is -2.48. The van der Waals surface area contributed by atoms with Gasteiger partial charge in [-0.2, -0.15) is 0 Å². The Morgan fingerprint density at radius 3 is 2.36 bits per heavy atom. The van der Waals surface area contributed by atoms with Crippen molar-refractivity contribution >= 4 is 23.4 Å². The minimum absolute atomic E-state index is 0.198. The molecule has 0 radical (unpaired) electrons. The van der Waals surface area contributed by atoms with E-state index in [0.717, 1.165) is 18.4 Å². The molecule has 0 spiro atoms. The minimum atomic E-state index is -0.774.